The highest BCUT2D eigenvalue weighted by atomic mass is 32.1. The molecule has 2 heterocycles. The van der Waals surface area contributed by atoms with Gasteiger partial charge in [-0.2, -0.15) is 11.3 Å². The van der Waals surface area contributed by atoms with Gasteiger partial charge in [0, 0.05) is 26.2 Å². The van der Waals surface area contributed by atoms with Crippen LogP contribution < -0.4 is 4.74 Å². The van der Waals surface area contributed by atoms with E-state index >= 15 is 0 Å². The van der Waals surface area contributed by atoms with Gasteiger partial charge in [0.2, 0.25) is 0 Å². The monoisotopic (exact) mass is 370 g/mol. The van der Waals surface area contributed by atoms with Crippen molar-refractivity contribution in [3.8, 4) is 5.75 Å². The van der Waals surface area contributed by atoms with Crippen LogP contribution in [0.4, 0.5) is 13.2 Å². The zero-order valence-corrected chi connectivity index (χ0v) is 14.7. The third kappa shape index (κ3) is 6.02. The van der Waals surface area contributed by atoms with Gasteiger partial charge in [0.15, 0.2) is 0 Å². The molecule has 0 saturated carbocycles. The molecule has 3 nitrogen and oxygen atoms in total. The second-order valence-electron chi connectivity index (χ2n) is 6.23. The minimum atomic E-state index is -4.65. The number of alkyl halides is 3. The van der Waals surface area contributed by atoms with Crippen molar-refractivity contribution in [2.75, 3.05) is 26.2 Å². The number of benzene rings is 1. The molecule has 0 atom stereocenters. The van der Waals surface area contributed by atoms with E-state index in [1.54, 1.807) is 17.4 Å². The summed E-state index contributed by atoms with van der Waals surface area (Å²) in [6.07, 6.45) is -3.59. The summed E-state index contributed by atoms with van der Waals surface area (Å²) in [5, 5.41) is 4.27. The van der Waals surface area contributed by atoms with E-state index in [-0.39, 0.29) is 5.75 Å². The zero-order valence-electron chi connectivity index (χ0n) is 13.8. The Labute approximate surface area is 149 Å². The standard InChI is InChI=1S/C18H21F3N2OS/c19-18(20,21)24-17-4-1-3-15(11-17)12-22-6-2-7-23(9-8-22)13-16-5-10-25-14-16/h1,3-5,10-11,14H,2,6-9,12-13H2. The molecular weight excluding hydrogens is 349 g/mol. The smallest absolute Gasteiger partial charge is 0.406 e. The predicted molar refractivity (Wildman–Crippen MR) is 92.6 cm³/mol. The molecule has 1 aliphatic rings. The molecule has 1 saturated heterocycles. The van der Waals surface area contributed by atoms with Crippen molar-refractivity contribution in [2.45, 2.75) is 25.9 Å². The van der Waals surface area contributed by atoms with E-state index in [0.717, 1.165) is 44.7 Å². The van der Waals surface area contributed by atoms with Gasteiger partial charge in [-0.15, -0.1) is 13.2 Å². The first-order valence-corrected chi connectivity index (χ1v) is 9.23. The summed E-state index contributed by atoms with van der Waals surface area (Å²) in [5.74, 6) is -0.154. The number of halogens is 3. The highest BCUT2D eigenvalue weighted by molar-refractivity contribution is 7.07. The van der Waals surface area contributed by atoms with E-state index in [2.05, 4.69) is 31.4 Å². The zero-order chi connectivity index (χ0) is 17.7. The van der Waals surface area contributed by atoms with Crippen LogP contribution in [0.3, 0.4) is 0 Å². The van der Waals surface area contributed by atoms with Crippen LogP contribution in [-0.2, 0) is 13.1 Å². The van der Waals surface area contributed by atoms with Gasteiger partial charge in [-0.05, 0) is 59.6 Å². The van der Waals surface area contributed by atoms with E-state index in [0.29, 0.717) is 6.54 Å². The van der Waals surface area contributed by atoms with Gasteiger partial charge in [0.05, 0.1) is 0 Å². The van der Waals surface area contributed by atoms with Crippen molar-refractivity contribution in [3.05, 3.63) is 52.2 Å². The second-order valence-corrected chi connectivity index (χ2v) is 7.01. The Balaban J connectivity index is 1.54. The van der Waals surface area contributed by atoms with E-state index in [4.69, 9.17) is 0 Å². The Morgan fingerprint density at radius 2 is 1.68 bits per heavy atom. The maximum Gasteiger partial charge on any atom is 0.573 e. The van der Waals surface area contributed by atoms with Crippen LogP contribution in [0.25, 0.3) is 0 Å². The normalized spacial score (nSPS) is 17.4. The lowest BCUT2D eigenvalue weighted by atomic mass is 10.2. The van der Waals surface area contributed by atoms with Crippen LogP contribution in [0, 0.1) is 0 Å². The Hall–Kier alpha value is -1.57. The van der Waals surface area contributed by atoms with Crippen LogP contribution in [0.15, 0.2) is 41.1 Å². The lowest BCUT2D eigenvalue weighted by Gasteiger charge is -2.22. The van der Waals surface area contributed by atoms with Gasteiger partial charge < -0.3 is 4.74 Å². The van der Waals surface area contributed by atoms with E-state index in [9.17, 15) is 13.2 Å². The highest BCUT2D eigenvalue weighted by Gasteiger charge is 2.31. The van der Waals surface area contributed by atoms with Crippen molar-refractivity contribution in [3.63, 3.8) is 0 Å². The van der Waals surface area contributed by atoms with Gasteiger partial charge in [0.1, 0.15) is 5.75 Å². The van der Waals surface area contributed by atoms with Gasteiger partial charge in [0.25, 0.3) is 0 Å². The summed E-state index contributed by atoms with van der Waals surface area (Å²) in [6, 6.07) is 8.41. The first-order chi connectivity index (χ1) is 12.0. The number of rotatable bonds is 5. The number of hydrogen-bond acceptors (Lipinski definition) is 4. The fourth-order valence-electron chi connectivity index (χ4n) is 3.08. The van der Waals surface area contributed by atoms with Crippen LogP contribution in [0.1, 0.15) is 17.5 Å². The lowest BCUT2D eigenvalue weighted by Crippen LogP contribution is -2.30. The maximum absolute atomic E-state index is 12.3. The summed E-state index contributed by atoms with van der Waals surface area (Å²) >= 11 is 1.71. The van der Waals surface area contributed by atoms with E-state index < -0.39 is 6.36 Å². The van der Waals surface area contributed by atoms with Gasteiger partial charge in [-0.3, -0.25) is 9.80 Å². The van der Waals surface area contributed by atoms with Gasteiger partial charge in [-0.25, -0.2) is 0 Å². The van der Waals surface area contributed by atoms with Crippen molar-refractivity contribution in [1.29, 1.82) is 0 Å². The van der Waals surface area contributed by atoms with Gasteiger partial charge >= 0.3 is 6.36 Å². The SMILES string of the molecule is FC(F)(F)Oc1cccc(CN2CCCN(Cc3ccsc3)CC2)c1. The molecule has 1 aromatic heterocycles. The molecule has 1 fully saturated rings. The highest BCUT2D eigenvalue weighted by Crippen LogP contribution is 2.24. The summed E-state index contributed by atoms with van der Waals surface area (Å²) < 4.78 is 41.0. The van der Waals surface area contributed by atoms with Crippen LogP contribution >= 0.6 is 11.3 Å². The topological polar surface area (TPSA) is 15.7 Å². The van der Waals surface area contributed by atoms with Crippen LogP contribution in [0.5, 0.6) is 5.75 Å². The molecule has 136 valence electrons. The summed E-state index contributed by atoms with van der Waals surface area (Å²) in [6.45, 7) is 5.48. The molecule has 1 aromatic carbocycles. The third-order valence-electron chi connectivity index (χ3n) is 4.21. The van der Waals surface area contributed by atoms with Crippen molar-refractivity contribution >= 4 is 11.3 Å². The molecule has 2 aromatic rings. The minimum Gasteiger partial charge on any atom is -0.406 e. The molecule has 0 bridgehead atoms. The lowest BCUT2D eigenvalue weighted by molar-refractivity contribution is -0.274. The number of nitrogens with zero attached hydrogens (tertiary/aromatic N) is 2. The molecule has 7 heteroatoms. The maximum atomic E-state index is 12.3. The Kier molecular flexibility index (Phi) is 5.98. The first kappa shape index (κ1) is 18.2. The third-order valence-corrected chi connectivity index (χ3v) is 4.94. The molecule has 0 radical (unpaired) electrons. The Bertz CT molecular complexity index is 661. The molecule has 3 rings (SSSR count). The molecule has 1 aliphatic heterocycles. The molecule has 25 heavy (non-hydrogen) atoms. The average Bonchev–Trinajstić information content (AvgIpc) is 2.94. The summed E-state index contributed by atoms with van der Waals surface area (Å²) in [7, 11) is 0. The number of thiophene rings is 1. The Morgan fingerprint density at radius 3 is 2.32 bits per heavy atom. The molecule has 0 N–H and O–H groups in total. The summed E-state index contributed by atoms with van der Waals surface area (Å²) in [5.41, 5.74) is 2.18. The Morgan fingerprint density at radius 1 is 0.960 bits per heavy atom. The largest absolute Gasteiger partial charge is 0.573 e. The van der Waals surface area contributed by atoms with E-state index in [1.807, 2.05) is 6.07 Å². The number of hydrogen-bond donors (Lipinski definition) is 0. The van der Waals surface area contributed by atoms with Gasteiger partial charge in [-0.1, -0.05) is 12.1 Å². The molecular formula is C18H21F3N2OS. The van der Waals surface area contributed by atoms with E-state index in [1.165, 1.54) is 17.7 Å². The van der Waals surface area contributed by atoms with Crippen LogP contribution in [-0.4, -0.2) is 42.3 Å². The number of ether oxygens (including phenoxy) is 1. The fraction of sp³-hybridized carbons (Fsp3) is 0.444. The van der Waals surface area contributed by atoms with Crippen LogP contribution in [0.2, 0.25) is 0 Å². The summed E-state index contributed by atoms with van der Waals surface area (Å²) in [4.78, 5) is 4.73. The predicted octanol–water partition coefficient (Wildman–Crippen LogP) is 4.35. The quantitative estimate of drug-likeness (QED) is 0.778. The molecule has 0 aliphatic carbocycles. The first-order valence-electron chi connectivity index (χ1n) is 8.28. The van der Waals surface area contributed by atoms with Crippen molar-refractivity contribution in [1.82, 2.24) is 9.80 Å². The molecule has 0 amide bonds. The van der Waals surface area contributed by atoms with Crippen molar-refractivity contribution < 1.29 is 17.9 Å². The van der Waals surface area contributed by atoms with Crippen molar-refractivity contribution in [2.24, 2.45) is 0 Å². The second kappa shape index (κ2) is 8.21. The minimum absolute atomic E-state index is 0.154. The molecule has 0 spiro atoms. The fourth-order valence-corrected chi connectivity index (χ4v) is 3.74. The molecule has 0 unspecified atom stereocenters. The average molecular weight is 370 g/mol.